The Morgan fingerprint density at radius 3 is 2.71 bits per heavy atom. The summed E-state index contributed by atoms with van der Waals surface area (Å²) >= 11 is 5.66. The van der Waals surface area contributed by atoms with Crippen LogP contribution >= 0.6 is 11.6 Å². The molecule has 1 aromatic carbocycles. The number of aliphatic carboxylic acids is 1. The van der Waals surface area contributed by atoms with Crippen LogP contribution in [-0.4, -0.2) is 22.1 Å². The molecule has 1 aromatic rings. The number of carboxylic acid groups (broad SMARTS) is 1. The van der Waals surface area contributed by atoms with Crippen LogP contribution in [0.25, 0.3) is 0 Å². The minimum Gasteiger partial charge on any atom is -0.479 e. The van der Waals surface area contributed by atoms with Gasteiger partial charge in [-0.2, -0.15) is 0 Å². The van der Waals surface area contributed by atoms with Gasteiger partial charge in [0.05, 0.1) is 0 Å². The molecule has 0 radical (unpaired) electrons. The Hall–Kier alpha value is -1.06. The summed E-state index contributed by atoms with van der Waals surface area (Å²) in [6.07, 6.45) is 0.924. The first kappa shape index (κ1) is 14.0. The average molecular weight is 257 g/mol. The second kappa shape index (κ2) is 6.62. The van der Waals surface area contributed by atoms with Crippen LogP contribution in [0.4, 0.5) is 0 Å². The molecule has 4 heteroatoms. The predicted octanol–water partition coefficient (Wildman–Crippen LogP) is 2.54. The SMILES string of the molecule is CCc1c(CCCCl)cccc1C(O)C(=O)O. The molecular weight excluding hydrogens is 240 g/mol. The van der Waals surface area contributed by atoms with Gasteiger partial charge in [0, 0.05) is 5.88 Å². The molecule has 0 aliphatic carbocycles. The summed E-state index contributed by atoms with van der Waals surface area (Å²) in [5.74, 6) is -0.635. The van der Waals surface area contributed by atoms with Crippen molar-refractivity contribution in [3.8, 4) is 0 Å². The van der Waals surface area contributed by atoms with Crippen LogP contribution in [0.1, 0.15) is 36.1 Å². The molecule has 94 valence electrons. The highest BCUT2D eigenvalue weighted by atomic mass is 35.5. The molecule has 1 rings (SSSR count). The molecule has 2 N–H and O–H groups in total. The molecule has 0 fully saturated rings. The first-order valence-electron chi connectivity index (χ1n) is 5.69. The first-order valence-corrected chi connectivity index (χ1v) is 6.22. The third kappa shape index (κ3) is 3.45. The van der Waals surface area contributed by atoms with Crippen molar-refractivity contribution in [3.05, 3.63) is 34.9 Å². The summed E-state index contributed by atoms with van der Waals surface area (Å²) < 4.78 is 0. The lowest BCUT2D eigenvalue weighted by atomic mass is 9.93. The number of benzene rings is 1. The fourth-order valence-electron chi connectivity index (χ4n) is 1.97. The number of hydrogen-bond donors (Lipinski definition) is 2. The van der Waals surface area contributed by atoms with Crippen LogP contribution in [-0.2, 0) is 17.6 Å². The Kier molecular flexibility index (Phi) is 5.45. The maximum Gasteiger partial charge on any atom is 0.337 e. The topological polar surface area (TPSA) is 57.5 Å². The molecule has 0 saturated carbocycles. The highest BCUT2D eigenvalue weighted by molar-refractivity contribution is 6.17. The summed E-state index contributed by atoms with van der Waals surface area (Å²) in [4.78, 5) is 10.8. The van der Waals surface area contributed by atoms with Crippen molar-refractivity contribution in [2.45, 2.75) is 32.3 Å². The lowest BCUT2D eigenvalue weighted by Crippen LogP contribution is -2.13. The number of alkyl halides is 1. The number of rotatable bonds is 6. The van der Waals surface area contributed by atoms with Gasteiger partial charge in [-0.05, 0) is 36.0 Å². The van der Waals surface area contributed by atoms with Gasteiger partial charge in [0.15, 0.2) is 6.10 Å². The van der Waals surface area contributed by atoms with Crippen LogP contribution in [0.3, 0.4) is 0 Å². The normalized spacial score (nSPS) is 12.4. The summed E-state index contributed by atoms with van der Waals surface area (Å²) in [6.45, 7) is 1.96. The Morgan fingerprint density at radius 2 is 2.18 bits per heavy atom. The molecule has 0 saturated heterocycles. The van der Waals surface area contributed by atoms with Crippen molar-refractivity contribution >= 4 is 17.6 Å². The van der Waals surface area contributed by atoms with E-state index in [-0.39, 0.29) is 0 Å². The molecule has 1 atom stereocenters. The molecule has 0 bridgehead atoms. The Balaban J connectivity index is 3.09. The van der Waals surface area contributed by atoms with E-state index in [9.17, 15) is 9.90 Å². The quantitative estimate of drug-likeness (QED) is 0.769. The van der Waals surface area contributed by atoms with E-state index in [0.29, 0.717) is 17.9 Å². The van der Waals surface area contributed by atoms with Crippen LogP contribution in [0.15, 0.2) is 18.2 Å². The Morgan fingerprint density at radius 1 is 1.47 bits per heavy atom. The number of carboxylic acids is 1. The Bertz CT molecular complexity index is 390. The molecule has 17 heavy (non-hydrogen) atoms. The number of aliphatic hydroxyl groups is 1. The highest BCUT2D eigenvalue weighted by Crippen LogP contribution is 2.23. The number of carbonyl (C=O) groups is 1. The summed E-state index contributed by atoms with van der Waals surface area (Å²) in [5.41, 5.74) is 2.49. The van der Waals surface area contributed by atoms with Gasteiger partial charge in [-0.1, -0.05) is 25.1 Å². The molecule has 0 aliphatic rings. The van der Waals surface area contributed by atoms with E-state index in [2.05, 4.69) is 0 Å². The van der Waals surface area contributed by atoms with Crippen molar-refractivity contribution in [1.29, 1.82) is 0 Å². The molecule has 0 aliphatic heterocycles. The van der Waals surface area contributed by atoms with E-state index < -0.39 is 12.1 Å². The molecule has 0 aromatic heterocycles. The van der Waals surface area contributed by atoms with E-state index in [1.807, 2.05) is 13.0 Å². The largest absolute Gasteiger partial charge is 0.479 e. The van der Waals surface area contributed by atoms with E-state index in [4.69, 9.17) is 16.7 Å². The van der Waals surface area contributed by atoms with Gasteiger partial charge in [-0.25, -0.2) is 4.79 Å². The van der Waals surface area contributed by atoms with E-state index in [1.54, 1.807) is 12.1 Å². The second-order valence-corrected chi connectivity index (χ2v) is 4.25. The van der Waals surface area contributed by atoms with Crippen LogP contribution < -0.4 is 0 Å². The van der Waals surface area contributed by atoms with Gasteiger partial charge in [-0.3, -0.25) is 0 Å². The van der Waals surface area contributed by atoms with E-state index >= 15 is 0 Å². The molecule has 0 amide bonds. The second-order valence-electron chi connectivity index (χ2n) is 3.87. The van der Waals surface area contributed by atoms with Crippen molar-refractivity contribution < 1.29 is 15.0 Å². The summed E-state index contributed by atoms with van der Waals surface area (Å²) in [6, 6.07) is 5.41. The van der Waals surface area contributed by atoms with Crippen molar-refractivity contribution in [2.24, 2.45) is 0 Å². The van der Waals surface area contributed by atoms with E-state index in [0.717, 1.165) is 24.0 Å². The van der Waals surface area contributed by atoms with Crippen molar-refractivity contribution in [2.75, 3.05) is 5.88 Å². The average Bonchev–Trinajstić information content (AvgIpc) is 2.34. The van der Waals surface area contributed by atoms with Crippen molar-refractivity contribution in [3.63, 3.8) is 0 Å². The third-order valence-electron chi connectivity index (χ3n) is 2.77. The van der Waals surface area contributed by atoms with E-state index in [1.165, 1.54) is 0 Å². The van der Waals surface area contributed by atoms with Gasteiger partial charge in [0.25, 0.3) is 0 Å². The minimum atomic E-state index is -1.44. The molecular formula is C13H17ClO3. The van der Waals surface area contributed by atoms with Crippen LogP contribution in [0, 0.1) is 0 Å². The van der Waals surface area contributed by atoms with Crippen LogP contribution in [0.2, 0.25) is 0 Å². The van der Waals surface area contributed by atoms with Gasteiger partial charge in [-0.15, -0.1) is 11.6 Å². The molecule has 0 heterocycles. The Labute approximate surface area is 106 Å². The first-order chi connectivity index (χ1) is 8.11. The maximum atomic E-state index is 10.8. The zero-order chi connectivity index (χ0) is 12.8. The zero-order valence-corrected chi connectivity index (χ0v) is 10.6. The summed E-state index contributed by atoms with van der Waals surface area (Å²) in [7, 11) is 0. The highest BCUT2D eigenvalue weighted by Gasteiger charge is 2.20. The smallest absolute Gasteiger partial charge is 0.337 e. The monoisotopic (exact) mass is 256 g/mol. The van der Waals surface area contributed by atoms with Gasteiger partial charge in [0.2, 0.25) is 0 Å². The van der Waals surface area contributed by atoms with Crippen molar-refractivity contribution in [1.82, 2.24) is 0 Å². The summed E-state index contributed by atoms with van der Waals surface area (Å²) in [5, 5.41) is 18.5. The third-order valence-corrected chi connectivity index (χ3v) is 3.04. The zero-order valence-electron chi connectivity index (χ0n) is 9.82. The van der Waals surface area contributed by atoms with Gasteiger partial charge >= 0.3 is 5.97 Å². The number of aryl methyl sites for hydroxylation is 1. The number of hydrogen-bond acceptors (Lipinski definition) is 2. The molecule has 3 nitrogen and oxygen atoms in total. The van der Waals surface area contributed by atoms with Gasteiger partial charge < -0.3 is 10.2 Å². The maximum absolute atomic E-state index is 10.8. The van der Waals surface area contributed by atoms with Gasteiger partial charge in [0.1, 0.15) is 0 Å². The molecule has 1 unspecified atom stereocenters. The fourth-order valence-corrected chi connectivity index (χ4v) is 2.10. The number of aliphatic hydroxyl groups excluding tert-OH is 1. The predicted molar refractivity (Wildman–Crippen MR) is 67.5 cm³/mol. The molecule has 0 spiro atoms. The minimum absolute atomic E-state index is 0.493. The standard InChI is InChI=1S/C13H17ClO3/c1-2-10-9(6-4-8-14)5-3-7-11(10)12(15)13(16)17/h3,5,7,12,15H,2,4,6,8H2,1H3,(H,16,17). The van der Waals surface area contributed by atoms with Crippen LogP contribution in [0.5, 0.6) is 0 Å². The lowest BCUT2D eigenvalue weighted by Gasteiger charge is -2.15. The lowest BCUT2D eigenvalue weighted by molar-refractivity contribution is -0.147. The fraction of sp³-hybridized carbons (Fsp3) is 0.462. The number of halogens is 1.